The summed E-state index contributed by atoms with van der Waals surface area (Å²) in [6, 6.07) is 0.562. The maximum absolute atomic E-state index is 3.55. The lowest BCUT2D eigenvalue weighted by Crippen LogP contribution is -2.29. The quantitative estimate of drug-likeness (QED) is 0.513. The van der Waals surface area contributed by atoms with Crippen LogP contribution in [0.5, 0.6) is 0 Å². The van der Waals surface area contributed by atoms with E-state index >= 15 is 0 Å². The van der Waals surface area contributed by atoms with E-state index in [1.807, 2.05) is 0 Å². The van der Waals surface area contributed by atoms with Crippen molar-refractivity contribution in [3.05, 3.63) is 23.8 Å². The zero-order valence-corrected chi connectivity index (χ0v) is 11.8. The molecule has 2 heteroatoms. The molecule has 1 nitrogen and oxygen atoms in total. The lowest BCUT2D eigenvalue weighted by molar-refractivity contribution is 0.608. The van der Waals surface area contributed by atoms with Crippen molar-refractivity contribution in [2.45, 2.75) is 52.4 Å². The van der Waals surface area contributed by atoms with Gasteiger partial charge in [-0.2, -0.15) is 0 Å². The van der Waals surface area contributed by atoms with Crippen LogP contribution in [0.2, 0.25) is 0 Å². The van der Waals surface area contributed by atoms with Crippen molar-refractivity contribution in [2.24, 2.45) is 0 Å². The minimum absolute atomic E-state index is 0.539. The SMILES string of the molecule is CC/C=C(/C=CC(NC(C)C)PC)CC. The molecule has 0 aromatic carbocycles. The molecule has 0 aliphatic heterocycles. The van der Waals surface area contributed by atoms with Crippen LogP contribution in [0.1, 0.15) is 40.5 Å². The van der Waals surface area contributed by atoms with E-state index in [4.69, 9.17) is 0 Å². The Morgan fingerprint density at radius 2 is 2.00 bits per heavy atom. The summed E-state index contributed by atoms with van der Waals surface area (Å²) >= 11 is 0. The third-order valence-corrected chi connectivity index (χ3v) is 3.18. The maximum Gasteiger partial charge on any atom is 0.0425 e. The molecule has 0 saturated carbocycles. The Balaban J connectivity index is 4.25. The summed E-state index contributed by atoms with van der Waals surface area (Å²) in [6.07, 6.45) is 9.15. The molecule has 0 aromatic rings. The predicted octanol–water partition coefficient (Wildman–Crippen LogP) is 3.92. The van der Waals surface area contributed by atoms with E-state index in [-0.39, 0.29) is 0 Å². The molecule has 15 heavy (non-hydrogen) atoms. The second-order valence-corrected chi connectivity index (χ2v) is 5.19. The van der Waals surface area contributed by atoms with E-state index < -0.39 is 0 Å². The Labute approximate surface area is 97.2 Å². The molecule has 0 spiro atoms. The smallest absolute Gasteiger partial charge is 0.0425 e. The number of hydrogen-bond donors (Lipinski definition) is 1. The molecule has 0 heterocycles. The van der Waals surface area contributed by atoms with Gasteiger partial charge in [-0.1, -0.05) is 37.6 Å². The van der Waals surface area contributed by atoms with Crippen LogP contribution in [0, 0.1) is 0 Å². The van der Waals surface area contributed by atoms with Crippen molar-refractivity contribution in [3.63, 3.8) is 0 Å². The number of hydrogen-bond acceptors (Lipinski definition) is 1. The average molecular weight is 227 g/mol. The first-order valence-corrected chi connectivity index (χ1v) is 7.52. The molecule has 0 bridgehead atoms. The van der Waals surface area contributed by atoms with Gasteiger partial charge in [0, 0.05) is 11.8 Å². The lowest BCUT2D eigenvalue weighted by Gasteiger charge is -2.16. The van der Waals surface area contributed by atoms with Gasteiger partial charge in [-0.3, -0.25) is 0 Å². The average Bonchev–Trinajstić information content (AvgIpc) is 2.21. The van der Waals surface area contributed by atoms with Gasteiger partial charge >= 0.3 is 0 Å². The minimum atomic E-state index is 0.539. The normalized spacial score (nSPS) is 16.0. The highest BCUT2D eigenvalue weighted by molar-refractivity contribution is 7.38. The Kier molecular flexibility index (Phi) is 9.04. The van der Waals surface area contributed by atoms with E-state index in [1.165, 1.54) is 5.57 Å². The summed E-state index contributed by atoms with van der Waals surface area (Å²) in [6.45, 7) is 11.0. The highest BCUT2D eigenvalue weighted by atomic mass is 31.1. The van der Waals surface area contributed by atoms with Crippen LogP contribution >= 0.6 is 8.58 Å². The highest BCUT2D eigenvalue weighted by Gasteiger charge is 2.02. The lowest BCUT2D eigenvalue weighted by atomic mass is 10.1. The summed E-state index contributed by atoms with van der Waals surface area (Å²) in [5, 5.41) is 3.55. The first-order valence-electron chi connectivity index (χ1n) is 5.94. The van der Waals surface area contributed by atoms with E-state index in [0.717, 1.165) is 21.4 Å². The molecule has 0 fully saturated rings. The minimum Gasteiger partial charge on any atom is -0.305 e. The van der Waals surface area contributed by atoms with Crippen LogP contribution < -0.4 is 5.32 Å². The molecule has 2 unspecified atom stereocenters. The molecule has 0 rings (SSSR count). The first-order chi connectivity index (χ1) is 7.13. The molecule has 0 amide bonds. The molecular formula is C13H26NP. The number of allylic oxidation sites excluding steroid dienone is 3. The summed E-state index contributed by atoms with van der Waals surface area (Å²) in [5.41, 5.74) is 1.45. The Morgan fingerprint density at radius 3 is 2.40 bits per heavy atom. The van der Waals surface area contributed by atoms with Crippen molar-refractivity contribution in [2.75, 3.05) is 6.66 Å². The van der Waals surface area contributed by atoms with Crippen molar-refractivity contribution >= 4 is 8.58 Å². The van der Waals surface area contributed by atoms with Crippen LogP contribution in [0.15, 0.2) is 23.8 Å². The van der Waals surface area contributed by atoms with E-state index in [0.29, 0.717) is 11.8 Å². The first kappa shape index (κ1) is 14.9. The molecule has 0 aliphatic carbocycles. The van der Waals surface area contributed by atoms with Gasteiger partial charge in [-0.25, -0.2) is 0 Å². The van der Waals surface area contributed by atoms with E-state index in [9.17, 15) is 0 Å². The number of nitrogens with one attached hydrogen (secondary N) is 1. The van der Waals surface area contributed by atoms with Gasteiger partial charge in [-0.05, 0) is 33.4 Å². The van der Waals surface area contributed by atoms with E-state index in [1.54, 1.807) is 0 Å². The Bertz CT molecular complexity index is 207. The zero-order chi connectivity index (χ0) is 11.7. The van der Waals surface area contributed by atoms with Crippen molar-refractivity contribution in [3.8, 4) is 0 Å². The second kappa shape index (κ2) is 9.12. The van der Waals surface area contributed by atoms with Crippen molar-refractivity contribution < 1.29 is 0 Å². The molecule has 0 saturated heterocycles. The van der Waals surface area contributed by atoms with Gasteiger partial charge in [0.25, 0.3) is 0 Å². The van der Waals surface area contributed by atoms with Gasteiger partial charge in [-0.15, -0.1) is 8.58 Å². The van der Waals surface area contributed by atoms with Gasteiger partial charge in [0.1, 0.15) is 0 Å². The molecular weight excluding hydrogens is 201 g/mol. The maximum atomic E-state index is 3.55. The van der Waals surface area contributed by atoms with Crippen molar-refractivity contribution in [1.29, 1.82) is 0 Å². The molecule has 0 radical (unpaired) electrons. The molecule has 88 valence electrons. The van der Waals surface area contributed by atoms with Gasteiger partial charge in [0.2, 0.25) is 0 Å². The molecule has 0 aliphatic rings. The van der Waals surface area contributed by atoms with Crippen LogP contribution in [-0.4, -0.2) is 18.5 Å². The summed E-state index contributed by atoms with van der Waals surface area (Å²) < 4.78 is 0. The van der Waals surface area contributed by atoms with Crippen LogP contribution in [0.4, 0.5) is 0 Å². The van der Waals surface area contributed by atoms with Crippen LogP contribution in [0.25, 0.3) is 0 Å². The topological polar surface area (TPSA) is 12.0 Å². The summed E-state index contributed by atoms with van der Waals surface area (Å²) in [4.78, 5) is 0. The van der Waals surface area contributed by atoms with Crippen LogP contribution in [-0.2, 0) is 0 Å². The highest BCUT2D eigenvalue weighted by Crippen LogP contribution is 2.15. The third-order valence-electron chi connectivity index (χ3n) is 2.20. The fraction of sp³-hybridized carbons (Fsp3) is 0.692. The van der Waals surface area contributed by atoms with Crippen LogP contribution in [0.3, 0.4) is 0 Å². The number of rotatable bonds is 7. The largest absolute Gasteiger partial charge is 0.305 e. The molecule has 0 aromatic heterocycles. The summed E-state index contributed by atoms with van der Waals surface area (Å²) in [7, 11) is 0.920. The fourth-order valence-electron chi connectivity index (χ4n) is 1.41. The monoisotopic (exact) mass is 227 g/mol. The van der Waals surface area contributed by atoms with Gasteiger partial charge in [0.15, 0.2) is 0 Å². The second-order valence-electron chi connectivity index (χ2n) is 3.99. The van der Waals surface area contributed by atoms with Crippen molar-refractivity contribution in [1.82, 2.24) is 5.32 Å². The summed E-state index contributed by atoms with van der Waals surface area (Å²) in [5.74, 6) is 0.539. The Morgan fingerprint density at radius 1 is 1.33 bits per heavy atom. The molecule has 1 N–H and O–H groups in total. The zero-order valence-electron chi connectivity index (χ0n) is 10.8. The molecule has 2 atom stereocenters. The van der Waals surface area contributed by atoms with Gasteiger partial charge in [0.05, 0.1) is 0 Å². The van der Waals surface area contributed by atoms with Gasteiger partial charge < -0.3 is 5.32 Å². The predicted molar refractivity (Wildman–Crippen MR) is 74.1 cm³/mol. The van der Waals surface area contributed by atoms with E-state index in [2.05, 4.69) is 57.9 Å². The Hall–Kier alpha value is -0.130. The fourth-order valence-corrected chi connectivity index (χ4v) is 2.20. The standard InChI is InChI=1S/C13H26NP/c1-6-8-12(7-2)9-10-13(15-5)14-11(3)4/h8-11,13-15H,6-7H2,1-5H3/b10-9?,12-8+. The third kappa shape index (κ3) is 7.76.